The molecule has 0 radical (unpaired) electrons. The van der Waals surface area contributed by atoms with Crippen molar-refractivity contribution in [1.82, 2.24) is 29.9 Å². The Balaban J connectivity index is 1.73. The van der Waals surface area contributed by atoms with E-state index in [0.29, 0.717) is 17.8 Å². The first-order valence-corrected chi connectivity index (χ1v) is 12.0. The first kappa shape index (κ1) is 24.3. The zero-order valence-electron chi connectivity index (χ0n) is 18.6. The lowest BCUT2D eigenvalue weighted by Gasteiger charge is -2.22. The zero-order valence-corrected chi connectivity index (χ0v) is 19.4. The van der Waals surface area contributed by atoms with Crippen LogP contribution in [0, 0.1) is 0 Å². The summed E-state index contributed by atoms with van der Waals surface area (Å²) >= 11 is 0. The van der Waals surface area contributed by atoms with Crippen LogP contribution in [-0.4, -0.2) is 50.3 Å². The lowest BCUT2D eigenvalue weighted by molar-refractivity contribution is -0.198. The van der Waals surface area contributed by atoms with E-state index in [9.17, 15) is 21.6 Å². The van der Waals surface area contributed by atoms with Gasteiger partial charge in [-0.2, -0.15) is 28.2 Å². The maximum atomic E-state index is 14.1. The van der Waals surface area contributed by atoms with Gasteiger partial charge in [-0.3, -0.25) is 9.71 Å². The average Bonchev–Trinajstić information content (AvgIpc) is 3.23. The van der Waals surface area contributed by atoms with Crippen molar-refractivity contribution in [3.63, 3.8) is 0 Å². The minimum Gasteiger partial charge on any atom is -0.457 e. The van der Waals surface area contributed by atoms with E-state index in [-0.39, 0.29) is 22.3 Å². The Morgan fingerprint density at radius 3 is 2.34 bits per heavy atom. The van der Waals surface area contributed by atoms with Crippen LogP contribution in [0.15, 0.2) is 48.8 Å². The quantitative estimate of drug-likeness (QED) is 0.383. The maximum Gasteiger partial charge on any atom is 0.429 e. The highest BCUT2D eigenvalue weighted by Crippen LogP contribution is 2.38. The molecule has 0 aliphatic rings. The van der Waals surface area contributed by atoms with E-state index in [1.165, 1.54) is 29.2 Å². The number of hydrogen-bond acceptors (Lipinski definition) is 8. The molecule has 1 aromatic carbocycles. The molecule has 0 bridgehead atoms. The number of benzene rings is 1. The number of pyridine rings is 1. The van der Waals surface area contributed by atoms with Crippen LogP contribution in [0.4, 0.5) is 19.0 Å². The largest absolute Gasteiger partial charge is 0.457 e. The normalized spacial score (nSPS) is 13.1. The van der Waals surface area contributed by atoms with E-state index in [1.807, 2.05) is 0 Å². The predicted molar refractivity (Wildman–Crippen MR) is 121 cm³/mol. The van der Waals surface area contributed by atoms with Gasteiger partial charge in [-0.1, -0.05) is 25.1 Å². The number of rotatable bonds is 8. The third-order valence-corrected chi connectivity index (χ3v) is 6.19. The maximum absolute atomic E-state index is 14.1. The van der Waals surface area contributed by atoms with E-state index >= 15 is 0 Å². The van der Waals surface area contributed by atoms with Gasteiger partial charge in [-0.05, 0) is 24.6 Å². The Kier molecular flexibility index (Phi) is 6.56. The van der Waals surface area contributed by atoms with Crippen LogP contribution in [0.2, 0.25) is 0 Å². The zero-order chi connectivity index (χ0) is 25.2. The molecule has 14 heteroatoms. The minimum atomic E-state index is -4.87. The van der Waals surface area contributed by atoms with Gasteiger partial charge in [0.25, 0.3) is 5.88 Å². The molecule has 35 heavy (non-hydrogen) atoms. The number of anilines is 1. The smallest absolute Gasteiger partial charge is 0.429 e. The van der Waals surface area contributed by atoms with Crippen molar-refractivity contribution in [2.24, 2.45) is 7.05 Å². The molecule has 1 N–H and O–H groups in total. The fourth-order valence-corrected chi connectivity index (χ4v) is 4.28. The number of sulfonamides is 1. The molecular weight excluding hydrogens is 487 g/mol. The molecule has 0 amide bonds. The number of para-hydroxylation sites is 2. The van der Waals surface area contributed by atoms with Crippen LogP contribution in [0.3, 0.4) is 0 Å². The summed E-state index contributed by atoms with van der Waals surface area (Å²) in [5.41, 5.74) is 0.908. The van der Waals surface area contributed by atoms with Gasteiger partial charge < -0.3 is 4.74 Å². The van der Waals surface area contributed by atoms with E-state index in [1.54, 1.807) is 32.2 Å². The van der Waals surface area contributed by atoms with Crippen LogP contribution in [0.1, 0.15) is 25.0 Å². The molecule has 0 aliphatic heterocycles. The average molecular weight is 507 g/mol. The molecule has 184 valence electrons. The lowest BCUT2D eigenvalue weighted by atomic mass is 10.1. The van der Waals surface area contributed by atoms with Crippen LogP contribution in [-0.2, 0) is 17.1 Å². The predicted octanol–water partition coefficient (Wildman–Crippen LogP) is 3.65. The standard InChI is InChI=1S/C21H20F3N7O3S/c1-3-10-35(32,33)30-19-20(28-16-7-5-4-6-15(16)27-19)34-18(21(22,23)24)13-8-9-14(25-11-13)17-12-26-31(2)29-17/h4-9,11-12,18H,3,10H2,1-2H3,(H,27,30). The molecule has 0 spiro atoms. The molecule has 0 fully saturated rings. The second-order valence-corrected chi connectivity index (χ2v) is 9.36. The monoisotopic (exact) mass is 507 g/mol. The van der Waals surface area contributed by atoms with Gasteiger partial charge in [0, 0.05) is 18.8 Å². The third kappa shape index (κ3) is 5.65. The summed E-state index contributed by atoms with van der Waals surface area (Å²) < 4.78 is 74.3. The minimum absolute atomic E-state index is 0.234. The van der Waals surface area contributed by atoms with Crippen molar-refractivity contribution in [1.29, 1.82) is 0 Å². The van der Waals surface area contributed by atoms with Crippen molar-refractivity contribution in [3.05, 3.63) is 54.4 Å². The van der Waals surface area contributed by atoms with Gasteiger partial charge in [0.2, 0.25) is 21.9 Å². The van der Waals surface area contributed by atoms with Crippen molar-refractivity contribution in [2.45, 2.75) is 25.6 Å². The molecule has 3 aromatic heterocycles. The highest BCUT2D eigenvalue weighted by molar-refractivity contribution is 7.92. The van der Waals surface area contributed by atoms with E-state index < -0.39 is 34.0 Å². The Morgan fingerprint density at radius 2 is 1.77 bits per heavy atom. The number of nitrogens with one attached hydrogen (secondary N) is 1. The van der Waals surface area contributed by atoms with Crippen molar-refractivity contribution in [2.75, 3.05) is 10.5 Å². The number of fused-ring (bicyclic) bond motifs is 1. The second kappa shape index (κ2) is 9.44. The van der Waals surface area contributed by atoms with E-state index in [0.717, 1.165) is 6.20 Å². The number of aryl methyl sites for hydroxylation is 1. The molecule has 4 rings (SSSR count). The highest BCUT2D eigenvalue weighted by atomic mass is 32.2. The Bertz CT molecular complexity index is 1440. The van der Waals surface area contributed by atoms with Crippen LogP contribution < -0.4 is 9.46 Å². The Hall–Kier alpha value is -3.81. The summed E-state index contributed by atoms with van der Waals surface area (Å²) in [4.78, 5) is 13.6. The van der Waals surface area contributed by atoms with Gasteiger partial charge in [0.1, 0.15) is 5.69 Å². The number of aromatic nitrogens is 6. The third-order valence-electron chi connectivity index (χ3n) is 4.74. The fourth-order valence-electron chi connectivity index (χ4n) is 3.21. The first-order chi connectivity index (χ1) is 16.6. The number of ether oxygens (including phenoxy) is 1. The molecule has 1 atom stereocenters. The highest BCUT2D eigenvalue weighted by Gasteiger charge is 2.44. The molecule has 0 aliphatic carbocycles. The fraction of sp³-hybridized carbons (Fsp3) is 0.286. The summed E-state index contributed by atoms with van der Waals surface area (Å²) in [6, 6.07) is 8.91. The molecular formula is C21H20F3N7O3S. The van der Waals surface area contributed by atoms with Gasteiger partial charge in [0.15, 0.2) is 0 Å². The van der Waals surface area contributed by atoms with E-state index in [2.05, 4.69) is 29.9 Å². The number of hydrogen-bond donors (Lipinski definition) is 1. The summed E-state index contributed by atoms with van der Waals surface area (Å²) in [5, 5.41) is 7.98. The molecule has 10 nitrogen and oxygen atoms in total. The second-order valence-electron chi connectivity index (χ2n) is 7.52. The van der Waals surface area contributed by atoms with Crippen LogP contribution >= 0.6 is 0 Å². The molecule has 4 aromatic rings. The molecule has 0 saturated carbocycles. The Labute approximate surface area is 198 Å². The van der Waals surface area contributed by atoms with Crippen molar-refractivity contribution < 1.29 is 26.3 Å². The Morgan fingerprint density at radius 1 is 1.06 bits per heavy atom. The van der Waals surface area contributed by atoms with Crippen LogP contribution in [0.25, 0.3) is 22.4 Å². The summed E-state index contributed by atoms with van der Waals surface area (Å²) in [5.74, 6) is -1.29. The number of halogens is 3. The van der Waals surface area contributed by atoms with Gasteiger partial charge in [0.05, 0.1) is 28.7 Å². The number of alkyl halides is 3. The van der Waals surface area contributed by atoms with E-state index in [4.69, 9.17) is 4.74 Å². The molecule has 1 unspecified atom stereocenters. The van der Waals surface area contributed by atoms with Gasteiger partial charge in [-0.25, -0.2) is 18.4 Å². The van der Waals surface area contributed by atoms with Gasteiger partial charge in [-0.15, -0.1) is 0 Å². The first-order valence-electron chi connectivity index (χ1n) is 10.4. The molecule has 0 saturated heterocycles. The summed E-state index contributed by atoms with van der Waals surface area (Å²) in [6.45, 7) is 1.65. The summed E-state index contributed by atoms with van der Waals surface area (Å²) in [7, 11) is -2.29. The van der Waals surface area contributed by atoms with Crippen LogP contribution in [0.5, 0.6) is 5.88 Å². The topological polar surface area (TPSA) is 125 Å². The number of nitrogens with zero attached hydrogens (tertiary/aromatic N) is 6. The molecule has 3 heterocycles. The lowest BCUT2D eigenvalue weighted by Crippen LogP contribution is -2.27. The summed E-state index contributed by atoms with van der Waals surface area (Å²) in [6.07, 6.45) is -4.63. The van der Waals surface area contributed by atoms with Crippen molar-refractivity contribution >= 4 is 26.9 Å². The van der Waals surface area contributed by atoms with Gasteiger partial charge >= 0.3 is 6.18 Å². The SMILES string of the molecule is CCCS(=O)(=O)Nc1nc2ccccc2nc1OC(c1ccc(-c2cnn(C)n2)nc1)C(F)(F)F. The van der Waals surface area contributed by atoms with Crippen molar-refractivity contribution in [3.8, 4) is 17.3 Å².